The van der Waals surface area contributed by atoms with Crippen LogP contribution in [0.1, 0.15) is 12.0 Å². The largest absolute Gasteiger partial charge is 0.396 e. The fourth-order valence-electron chi connectivity index (χ4n) is 1.47. The maximum Gasteiger partial charge on any atom is 0.0616 e. The molecule has 1 aromatic rings. The van der Waals surface area contributed by atoms with Gasteiger partial charge in [-0.25, -0.2) is 0 Å². The van der Waals surface area contributed by atoms with Gasteiger partial charge < -0.3 is 15.2 Å². The van der Waals surface area contributed by atoms with Gasteiger partial charge in [0.05, 0.1) is 6.61 Å². The predicted octanol–water partition coefficient (Wildman–Crippen LogP) is 1.94. The molecule has 0 saturated heterocycles. The van der Waals surface area contributed by atoms with Gasteiger partial charge in [0.2, 0.25) is 0 Å². The lowest BCUT2D eigenvalue weighted by atomic mass is 10.2. The van der Waals surface area contributed by atoms with Gasteiger partial charge in [-0.1, -0.05) is 28.1 Å². The molecular weight excluding hydrogens is 270 g/mol. The molecule has 1 atom stereocenters. The van der Waals surface area contributed by atoms with E-state index in [1.165, 1.54) is 5.56 Å². The van der Waals surface area contributed by atoms with E-state index < -0.39 is 0 Å². The number of aliphatic hydroxyl groups excluding tert-OH is 1. The van der Waals surface area contributed by atoms with Gasteiger partial charge in [-0.05, 0) is 24.1 Å². The third-order valence-electron chi connectivity index (χ3n) is 2.35. The lowest BCUT2D eigenvalue weighted by Crippen LogP contribution is -2.33. The standard InChI is InChI=1S/C12H18BrNO2/c1-16-9-12(6-7-15)14-8-10-2-4-11(13)5-3-10/h2-5,12,14-15H,6-9H2,1H3. The fourth-order valence-corrected chi connectivity index (χ4v) is 1.73. The predicted molar refractivity (Wildman–Crippen MR) is 68.3 cm³/mol. The molecule has 0 bridgehead atoms. The molecule has 0 saturated carbocycles. The second kappa shape index (κ2) is 7.79. The minimum atomic E-state index is 0.182. The first-order valence-corrected chi connectivity index (χ1v) is 6.13. The zero-order valence-corrected chi connectivity index (χ0v) is 11.0. The molecule has 0 aliphatic carbocycles. The summed E-state index contributed by atoms with van der Waals surface area (Å²) >= 11 is 3.40. The van der Waals surface area contributed by atoms with Crippen LogP contribution >= 0.6 is 15.9 Å². The van der Waals surface area contributed by atoms with Gasteiger partial charge in [-0.15, -0.1) is 0 Å². The van der Waals surface area contributed by atoms with Crippen LogP contribution in [0.3, 0.4) is 0 Å². The topological polar surface area (TPSA) is 41.5 Å². The Morgan fingerprint density at radius 2 is 2.06 bits per heavy atom. The Morgan fingerprint density at radius 1 is 1.38 bits per heavy atom. The Labute approximate surface area is 105 Å². The summed E-state index contributed by atoms with van der Waals surface area (Å²) in [6.07, 6.45) is 0.713. The molecule has 0 radical (unpaired) electrons. The minimum absolute atomic E-state index is 0.182. The van der Waals surface area contributed by atoms with Crippen molar-refractivity contribution in [2.24, 2.45) is 0 Å². The van der Waals surface area contributed by atoms with Crippen LogP contribution in [0.25, 0.3) is 0 Å². The van der Waals surface area contributed by atoms with Crippen LogP contribution in [-0.2, 0) is 11.3 Å². The number of benzene rings is 1. The maximum atomic E-state index is 8.90. The molecule has 1 rings (SSSR count). The van der Waals surface area contributed by atoms with E-state index in [0.717, 1.165) is 11.0 Å². The Balaban J connectivity index is 2.38. The lowest BCUT2D eigenvalue weighted by Gasteiger charge is -2.16. The molecule has 0 aliphatic heterocycles. The van der Waals surface area contributed by atoms with Crippen LogP contribution in [0.15, 0.2) is 28.7 Å². The molecule has 0 aromatic heterocycles. The zero-order chi connectivity index (χ0) is 11.8. The summed E-state index contributed by atoms with van der Waals surface area (Å²) in [4.78, 5) is 0. The quantitative estimate of drug-likeness (QED) is 0.805. The molecule has 3 nitrogen and oxygen atoms in total. The van der Waals surface area contributed by atoms with Gasteiger partial charge in [0, 0.05) is 30.8 Å². The van der Waals surface area contributed by atoms with Crippen molar-refractivity contribution >= 4 is 15.9 Å². The second-order valence-corrected chi connectivity index (χ2v) is 4.59. The summed E-state index contributed by atoms with van der Waals surface area (Å²) in [6.45, 7) is 1.60. The van der Waals surface area contributed by atoms with Crippen molar-refractivity contribution in [2.75, 3.05) is 20.3 Å². The van der Waals surface area contributed by atoms with Gasteiger partial charge >= 0.3 is 0 Å². The zero-order valence-electron chi connectivity index (χ0n) is 9.45. The van der Waals surface area contributed by atoms with Crippen LogP contribution in [-0.4, -0.2) is 31.5 Å². The minimum Gasteiger partial charge on any atom is -0.396 e. The van der Waals surface area contributed by atoms with Crippen LogP contribution in [0.5, 0.6) is 0 Å². The van der Waals surface area contributed by atoms with E-state index in [1.807, 2.05) is 12.1 Å². The van der Waals surface area contributed by atoms with Gasteiger partial charge in [-0.2, -0.15) is 0 Å². The molecule has 4 heteroatoms. The SMILES string of the molecule is COCC(CCO)NCc1ccc(Br)cc1. The molecule has 2 N–H and O–H groups in total. The van der Waals surface area contributed by atoms with Gasteiger partial charge in [-0.3, -0.25) is 0 Å². The third kappa shape index (κ3) is 5.07. The average Bonchev–Trinajstić information content (AvgIpc) is 2.29. The maximum absolute atomic E-state index is 8.90. The van der Waals surface area contributed by atoms with E-state index in [2.05, 4.69) is 33.4 Å². The Hall–Kier alpha value is -0.420. The van der Waals surface area contributed by atoms with Gasteiger partial charge in [0.1, 0.15) is 0 Å². The summed E-state index contributed by atoms with van der Waals surface area (Å²) < 4.78 is 6.17. The summed E-state index contributed by atoms with van der Waals surface area (Å²) in [5.74, 6) is 0. The van der Waals surface area contributed by atoms with Crippen molar-refractivity contribution in [2.45, 2.75) is 19.0 Å². The van der Waals surface area contributed by atoms with Crippen LogP contribution < -0.4 is 5.32 Å². The number of nitrogens with one attached hydrogen (secondary N) is 1. The number of methoxy groups -OCH3 is 1. The van der Waals surface area contributed by atoms with E-state index in [-0.39, 0.29) is 12.6 Å². The molecule has 0 fully saturated rings. The van der Waals surface area contributed by atoms with Crippen LogP contribution in [0.2, 0.25) is 0 Å². The van der Waals surface area contributed by atoms with E-state index in [4.69, 9.17) is 9.84 Å². The fraction of sp³-hybridized carbons (Fsp3) is 0.500. The van der Waals surface area contributed by atoms with Crippen molar-refractivity contribution in [3.8, 4) is 0 Å². The first-order chi connectivity index (χ1) is 7.76. The first-order valence-electron chi connectivity index (χ1n) is 5.34. The van der Waals surface area contributed by atoms with Crippen molar-refractivity contribution in [1.82, 2.24) is 5.32 Å². The van der Waals surface area contributed by atoms with Crippen LogP contribution in [0.4, 0.5) is 0 Å². The highest BCUT2D eigenvalue weighted by Crippen LogP contribution is 2.10. The summed E-state index contributed by atoms with van der Waals surface area (Å²) in [6, 6.07) is 8.39. The molecule has 0 heterocycles. The second-order valence-electron chi connectivity index (χ2n) is 3.67. The van der Waals surface area contributed by atoms with Crippen molar-refractivity contribution in [3.05, 3.63) is 34.3 Å². The molecule has 16 heavy (non-hydrogen) atoms. The molecule has 1 unspecified atom stereocenters. The normalized spacial score (nSPS) is 12.7. The monoisotopic (exact) mass is 287 g/mol. The molecule has 0 amide bonds. The highest BCUT2D eigenvalue weighted by Gasteiger charge is 2.06. The van der Waals surface area contributed by atoms with Crippen molar-refractivity contribution in [1.29, 1.82) is 0 Å². The van der Waals surface area contributed by atoms with E-state index >= 15 is 0 Å². The number of halogens is 1. The number of hydrogen-bond acceptors (Lipinski definition) is 3. The summed E-state index contributed by atoms with van der Waals surface area (Å²) in [7, 11) is 1.67. The Kier molecular flexibility index (Phi) is 6.64. The van der Waals surface area contributed by atoms with Crippen LogP contribution in [0, 0.1) is 0 Å². The smallest absolute Gasteiger partial charge is 0.0616 e. The molecule has 90 valence electrons. The highest BCUT2D eigenvalue weighted by molar-refractivity contribution is 9.10. The molecule has 0 spiro atoms. The highest BCUT2D eigenvalue weighted by atomic mass is 79.9. The van der Waals surface area contributed by atoms with Crippen molar-refractivity contribution in [3.63, 3.8) is 0 Å². The molecule has 1 aromatic carbocycles. The summed E-state index contributed by atoms with van der Waals surface area (Å²) in [5.41, 5.74) is 1.22. The van der Waals surface area contributed by atoms with Crippen molar-refractivity contribution < 1.29 is 9.84 Å². The van der Waals surface area contributed by atoms with E-state index in [1.54, 1.807) is 7.11 Å². The Morgan fingerprint density at radius 3 is 2.62 bits per heavy atom. The number of aliphatic hydroxyl groups is 1. The third-order valence-corrected chi connectivity index (χ3v) is 2.88. The Bertz CT molecular complexity index is 284. The number of hydrogen-bond donors (Lipinski definition) is 2. The van der Waals surface area contributed by atoms with Gasteiger partial charge in [0.25, 0.3) is 0 Å². The first kappa shape index (κ1) is 13.6. The van der Waals surface area contributed by atoms with Gasteiger partial charge in [0.15, 0.2) is 0 Å². The van der Waals surface area contributed by atoms with E-state index in [9.17, 15) is 0 Å². The summed E-state index contributed by atoms with van der Waals surface area (Å²) in [5, 5.41) is 12.3. The lowest BCUT2D eigenvalue weighted by molar-refractivity contribution is 0.148. The molecular formula is C12H18BrNO2. The number of ether oxygens (including phenoxy) is 1. The number of rotatable bonds is 7. The molecule has 0 aliphatic rings. The van der Waals surface area contributed by atoms with E-state index in [0.29, 0.717) is 13.0 Å². The average molecular weight is 288 g/mol.